The molecule has 3 rings (SSSR count). The number of aromatic nitrogens is 1. The molecule has 28 heavy (non-hydrogen) atoms. The molecular weight excluding hydrogens is 366 g/mol. The molecule has 2 amide bonds. The summed E-state index contributed by atoms with van der Waals surface area (Å²) in [4.78, 5) is 49.6. The fourth-order valence-electron chi connectivity index (χ4n) is 3.89. The summed E-state index contributed by atoms with van der Waals surface area (Å²) in [6.45, 7) is 4.85. The number of piperidine rings is 2. The van der Waals surface area contributed by atoms with Gasteiger partial charge in [-0.3, -0.25) is 19.2 Å². The molecule has 1 spiro atoms. The summed E-state index contributed by atoms with van der Waals surface area (Å²) in [5.41, 5.74) is 0.369. The van der Waals surface area contributed by atoms with Crippen molar-refractivity contribution in [1.82, 2.24) is 15.2 Å². The van der Waals surface area contributed by atoms with Gasteiger partial charge in [-0.1, -0.05) is 13.8 Å². The Kier molecular flexibility index (Phi) is 6.95. The number of nitrogens with one attached hydrogen (secondary N) is 2. The number of carbonyl (C=O) groups is 3. The van der Waals surface area contributed by atoms with Gasteiger partial charge < -0.3 is 25.4 Å². The van der Waals surface area contributed by atoms with Crippen molar-refractivity contribution < 1.29 is 24.6 Å². The van der Waals surface area contributed by atoms with Crippen LogP contribution in [0, 0.1) is 5.41 Å². The Morgan fingerprint density at radius 3 is 2.46 bits per heavy atom. The molecule has 2 aliphatic heterocycles. The highest BCUT2D eigenvalue weighted by Crippen LogP contribution is 2.38. The highest BCUT2D eigenvalue weighted by atomic mass is 16.3. The maximum atomic E-state index is 12.9. The third kappa shape index (κ3) is 4.59. The Balaban J connectivity index is 0.000000878. The SMILES string of the molecule is CC(C)c1[nH]c(=O)ccc1C(=O)N1CCC2(CC1)CC(O)CNC2=O.O=CO. The van der Waals surface area contributed by atoms with E-state index in [0.717, 1.165) is 0 Å². The van der Waals surface area contributed by atoms with Crippen LogP contribution in [0.15, 0.2) is 16.9 Å². The lowest BCUT2D eigenvalue weighted by molar-refractivity contribution is -0.140. The van der Waals surface area contributed by atoms with Crippen LogP contribution in [0.5, 0.6) is 0 Å². The number of aliphatic hydroxyl groups excluding tert-OH is 1. The second kappa shape index (κ2) is 9.01. The molecular formula is C19H27N3O6. The molecule has 1 aromatic heterocycles. The van der Waals surface area contributed by atoms with E-state index >= 15 is 0 Å². The first-order chi connectivity index (χ1) is 13.2. The number of hydrogen-bond acceptors (Lipinski definition) is 5. The Labute approximate surface area is 162 Å². The van der Waals surface area contributed by atoms with Gasteiger partial charge in [-0.05, 0) is 31.2 Å². The number of aromatic amines is 1. The number of pyridine rings is 1. The Bertz CT molecular complexity index is 780. The lowest BCUT2D eigenvalue weighted by Crippen LogP contribution is -2.56. The van der Waals surface area contributed by atoms with Gasteiger partial charge in [0.15, 0.2) is 0 Å². The zero-order valence-electron chi connectivity index (χ0n) is 16.1. The van der Waals surface area contributed by atoms with Crippen molar-refractivity contribution in [3.63, 3.8) is 0 Å². The van der Waals surface area contributed by atoms with Gasteiger partial charge >= 0.3 is 0 Å². The molecule has 4 N–H and O–H groups in total. The van der Waals surface area contributed by atoms with Crippen molar-refractivity contribution in [2.24, 2.45) is 5.41 Å². The van der Waals surface area contributed by atoms with Crippen molar-refractivity contribution in [3.05, 3.63) is 33.7 Å². The van der Waals surface area contributed by atoms with Crippen LogP contribution in [-0.2, 0) is 9.59 Å². The molecule has 3 heterocycles. The van der Waals surface area contributed by atoms with Gasteiger partial charge in [-0.2, -0.15) is 0 Å². The molecule has 2 saturated heterocycles. The number of hydrogen-bond donors (Lipinski definition) is 4. The van der Waals surface area contributed by atoms with E-state index in [1.54, 1.807) is 11.0 Å². The van der Waals surface area contributed by atoms with Gasteiger partial charge in [0.1, 0.15) is 0 Å². The molecule has 1 atom stereocenters. The summed E-state index contributed by atoms with van der Waals surface area (Å²) in [6, 6.07) is 2.95. The predicted octanol–water partition coefficient (Wildman–Crippen LogP) is 0.302. The van der Waals surface area contributed by atoms with Gasteiger partial charge in [-0.25, -0.2) is 0 Å². The molecule has 0 aliphatic carbocycles. The van der Waals surface area contributed by atoms with Crippen molar-refractivity contribution in [2.75, 3.05) is 19.6 Å². The lowest BCUT2D eigenvalue weighted by Gasteiger charge is -2.44. The van der Waals surface area contributed by atoms with Crippen molar-refractivity contribution in [3.8, 4) is 0 Å². The molecule has 1 aromatic rings. The highest BCUT2D eigenvalue weighted by molar-refractivity contribution is 5.95. The van der Waals surface area contributed by atoms with E-state index in [1.165, 1.54) is 6.07 Å². The van der Waals surface area contributed by atoms with E-state index in [2.05, 4.69) is 10.3 Å². The monoisotopic (exact) mass is 393 g/mol. The average molecular weight is 393 g/mol. The molecule has 0 radical (unpaired) electrons. The molecule has 0 saturated carbocycles. The molecule has 1 unspecified atom stereocenters. The summed E-state index contributed by atoms with van der Waals surface area (Å²) in [5.74, 6) is -0.105. The standard InChI is InChI=1S/C18H25N3O4.CH2O2/c1-11(2)15-13(3-4-14(23)20-15)16(24)21-7-5-18(6-8-21)9-12(22)10-19-17(18)25;2-1-3/h3-4,11-12,22H,5-10H2,1-2H3,(H,19,25)(H,20,23);1H,(H,2,3). The van der Waals surface area contributed by atoms with E-state index in [0.29, 0.717) is 50.2 Å². The van der Waals surface area contributed by atoms with Crippen molar-refractivity contribution in [1.29, 1.82) is 0 Å². The molecule has 9 nitrogen and oxygen atoms in total. The number of β-amino-alcohol motifs (C(OH)–C–C–N with tert-alkyl or cyclic N) is 1. The molecule has 0 bridgehead atoms. The van der Waals surface area contributed by atoms with Crippen LogP contribution >= 0.6 is 0 Å². The zero-order valence-corrected chi connectivity index (χ0v) is 16.1. The summed E-state index contributed by atoms with van der Waals surface area (Å²) < 4.78 is 0. The van der Waals surface area contributed by atoms with Crippen LogP contribution in [-0.4, -0.2) is 64.1 Å². The number of amides is 2. The zero-order chi connectivity index (χ0) is 20.9. The number of carboxylic acid groups (broad SMARTS) is 1. The average Bonchev–Trinajstić information content (AvgIpc) is 2.66. The first-order valence-corrected chi connectivity index (χ1v) is 9.31. The minimum atomic E-state index is -0.569. The summed E-state index contributed by atoms with van der Waals surface area (Å²) in [5, 5.41) is 19.5. The van der Waals surface area contributed by atoms with Crippen LogP contribution in [0.3, 0.4) is 0 Å². The Morgan fingerprint density at radius 2 is 1.89 bits per heavy atom. The Morgan fingerprint density at radius 1 is 1.29 bits per heavy atom. The van der Waals surface area contributed by atoms with Crippen LogP contribution in [0.1, 0.15) is 55.1 Å². The fraction of sp³-hybridized carbons (Fsp3) is 0.579. The molecule has 9 heteroatoms. The second-order valence-corrected chi connectivity index (χ2v) is 7.55. The number of H-pyrrole nitrogens is 1. The van der Waals surface area contributed by atoms with Gasteiger partial charge in [0, 0.05) is 31.4 Å². The third-order valence-corrected chi connectivity index (χ3v) is 5.37. The maximum Gasteiger partial charge on any atom is 0.290 e. The quantitative estimate of drug-likeness (QED) is 0.533. The maximum absolute atomic E-state index is 12.9. The van der Waals surface area contributed by atoms with Gasteiger partial charge in [-0.15, -0.1) is 0 Å². The number of carbonyl (C=O) groups excluding carboxylic acids is 2. The minimum absolute atomic E-state index is 0.0168. The van der Waals surface area contributed by atoms with E-state index in [9.17, 15) is 19.5 Å². The summed E-state index contributed by atoms with van der Waals surface area (Å²) in [6.07, 6.45) is 1.02. The fourth-order valence-corrected chi connectivity index (χ4v) is 3.89. The minimum Gasteiger partial charge on any atom is -0.483 e. The van der Waals surface area contributed by atoms with Crippen LogP contribution in [0.2, 0.25) is 0 Å². The van der Waals surface area contributed by atoms with Crippen LogP contribution in [0.4, 0.5) is 0 Å². The number of likely N-dealkylation sites (tertiary alicyclic amines) is 1. The van der Waals surface area contributed by atoms with Crippen molar-refractivity contribution >= 4 is 18.3 Å². The third-order valence-electron chi connectivity index (χ3n) is 5.37. The molecule has 2 fully saturated rings. The van der Waals surface area contributed by atoms with E-state index in [-0.39, 0.29) is 29.8 Å². The van der Waals surface area contributed by atoms with Gasteiger partial charge in [0.2, 0.25) is 11.5 Å². The lowest BCUT2D eigenvalue weighted by atomic mass is 9.71. The molecule has 154 valence electrons. The largest absolute Gasteiger partial charge is 0.483 e. The number of rotatable bonds is 2. The highest BCUT2D eigenvalue weighted by Gasteiger charge is 2.46. The van der Waals surface area contributed by atoms with E-state index < -0.39 is 11.5 Å². The number of nitrogens with zero attached hydrogens (tertiary/aromatic N) is 1. The Hall–Kier alpha value is -2.68. The van der Waals surface area contributed by atoms with Crippen LogP contribution in [0.25, 0.3) is 0 Å². The predicted molar refractivity (Wildman–Crippen MR) is 101 cm³/mol. The summed E-state index contributed by atoms with van der Waals surface area (Å²) >= 11 is 0. The van der Waals surface area contributed by atoms with E-state index in [1.807, 2.05) is 13.8 Å². The van der Waals surface area contributed by atoms with Gasteiger partial charge in [0.05, 0.1) is 17.1 Å². The normalized spacial score (nSPS) is 20.9. The first kappa shape index (κ1) is 21.6. The van der Waals surface area contributed by atoms with Gasteiger partial charge in [0.25, 0.3) is 12.4 Å². The topological polar surface area (TPSA) is 140 Å². The number of aliphatic hydroxyl groups is 1. The van der Waals surface area contributed by atoms with E-state index in [4.69, 9.17) is 9.90 Å². The molecule has 2 aliphatic rings. The molecule has 0 aromatic carbocycles. The van der Waals surface area contributed by atoms with Crippen LogP contribution < -0.4 is 10.9 Å². The first-order valence-electron chi connectivity index (χ1n) is 9.31. The summed E-state index contributed by atoms with van der Waals surface area (Å²) in [7, 11) is 0. The van der Waals surface area contributed by atoms with Crippen molar-refractivity contribution in [2.45, 2.75) is 45.1 Å². The second-order valence-electron chi connectivity index (χ2n) is 7.55. The smallest absolute Gasteiger partial charge is 0.290 e.